The molecule has 0 spiro atoms. The van der Waals surface area contributed by atoms with E-state index in [4.69, 9.17) is 9.72 Å². The standard InChI is InChI=1S/C26H24N4O3/c1-17(18-5-3-7-21(12-18)30-26(32)20-6-4-10-27-14-20)11-22-15-28-16-23(29-22)19-8-9-24(31)25(13-19)33-2/h3-10,12-17,31H,11H2,1-2H3,(H,30,32)/t17-/m1/s1. The summed E-state index contributed by atoms with van der Waals surface area (Å²) in [6.07, 6.45) is 7.29. The first-order valence-electron chi connectivity index (χ1n) is 10.5. The number of methoxy groups -OCH3 is 1. The SMILES string of the molecule is COc1cc(-c2cncc(C[C@@H](C)c3cccc(NC(=O)c4cccnc4)c3)n2)ccc1O. The van der Waals surface area contributed by atoms with E-state index in [9.17, 15) is 9.90 Å². The molecule has 0 radical (unpaired) electrons. The van der Waals surface area contributed by atoms with Crippen LogP contribution in [0.5, 0.6) is 11.5 Å². The normalized spacial score (nSPS) is 11.6. The van der Waals surface area contributed by atoms with Gasteiger partial charge >= 0.3 is 0 Å². The molecule has 0 fully saturated rings. The first-order chi connectivity index (χ1) is 16.0. The van der Waals surface area contributed by atoms with E-state index in [-0.39, 0.29) is 17.6 Å². The molecule has 0 saturated heterocycles. The highest BCUT2D eigenvalue weighted by Crippen LogP contribution is 2.31. The summed E-state index contributed by atoms with van der Waals surface area (Å²) >= 11 is 0. The van der Waals surface area contributed by atoms with Crippen molar-refractivity contribution in [3.8, 4) is 22.8 Å². The van der Waals surface area contributed by atoms with Crippen molar-refractivity contribution in [3.63, 3.8) is 0 Å². The number of phenolic OH excluding ortho intramolecular Hbond substituents is 1. The van der Waals surface area contributed by atoms with Gasteiger partial charge in [0.15, 0.2) is 11.5 Å². The molecule has 1 amide bonds. The van der Waals surface area contributed by atoms with Crippen LogP contribution in [0.3, 0.4) is 0 Å². The zero-order valence-corrected chi connectivity index (χ0v) is 18.4. The van der Waals surface area contributed by atoms with Crippen LogP contribution in [-0.2, 0) is 6.42 Å². The summed E-state index contributed by atoms with van der Waals surface area (Å²) in [7, 11) is 1.51. The van der Waals surface area contributed by atoms with Crippen LogP contribution in [0, 0.1) is 0 Å². The molecule has 0 bridgehead atoms. The highest BCUT2D eigenvalue weighted by molar-refractivity contribution is 6.04. The number of hydrogen-bond donors (Lipinski definition) is 2. The number of carbonyl (C=O) groups excluding carboxylic acids is 1. The third kappa shape index (κ3) is 5.33. The van der Waals surface area contributed by atoms with Crippen molar-refractivity contribution in [2.45, 2.75) is 19.3 Å². The molecule has 166 valence electrons. The molecule has 2 aromatic heterocycles. The second-order valence-corrected chi connectivity index (χ2v) is 7.71. The van der Waals surface area contributed by atoms with Crippen LogP contribution in [0.2, 0.25) is 0 Å². The summed E-state index contributed by atoms with van der Waals surface area (Å²) in [5.41, 5.74) is 4.68. The Morgan fingerprint density at radius 1 is 1.06 bits per heavy atom. The van der Waals surface area contributed by atoms with Gasteiger partial charge in [-0.25, -0.2) is 4.98 Å². The predicted octanol–water partition coefficient (Wildman–Crippen LogP) is 4.85. The van der Waals surface area contributed by atoms with Crippen LogP contribution in [0.1, 0.15) is 34.5 Å². The topological polar surface area (TPSA) is 97.2 Å². The lowest BCUT2D eigenvalue weighted by atomic mass is 9.96. The van der Waals surface area contributed by atoms with Crippen LogP contribution in [0.15, 0.2) is 79.4 Å². The number of nitrogens with zero attached hydrogens (tertiary/aromatic N) is 3. The molecule has 4 rings (SSSR count). The molecule has 0 aliphatic rings. The maximum absolute atomic E-state index is 12.4. The lowest BCUT2D eigenvalue weighted by Crippen LogP contribution is -2.12. The quantitative estimate of drug-likeness (QED) is 0.426. The fraction of sp³-hybridized carbons (Fsp3) is 0.154. The summed E-state index contributed by atoms with van der Waals surface area (Å²) in [5.74, 6) is 0.419. The van der Waals surface area contributed by atoms with E-state index in [0.717, 1.165) is 22.5 Å². The number of carbonyl (C=O) groups is 1. The Labute approximate surface area is 192 Å². The van der Waals surface area contributed by atoms with E-state index in [0.29, 0.717) is 23.4 Å². The maximum atomic E-state index is 12.4. The first-order valence-corrected chi connectivity index (χ1v) is 10.5. The Bertz CT molecular complexity index is 1260. The monoisotopic (exact) mass is 440 g/mol. The molecule has 2 N–H and O–H groups in total. The van der Waals surface area contributed by atoms with E-state index in [1.807, 2.05) is 24.3 Å². The van der Waals surface area contributed by atoms with E-state index >= 15 is 0 Å². The Balaban J connectivity index is 1.49. The average molecular weight is 441 g/mol. The molecule has 7 heteroatoms. The molecule has 2 aromatic carbocycles. The van der Waals surface area contributed by atoms with Crippen molar-refractivity contribution < 1.29 is 14.6 Å². The van der Waals surface area contributed by atoms with Crippen LogP contribution in [-0.4, -0.2) is 33.1 Å². The van der Waals surface area contributed by atoms with E-state index < -0.39 is 0 Å². The minimum Gasteiger partial charge on any atom is -0.504 e. The van der Waals surface area contributed by atoms with Gasteiger partial charge in [-0.05, 0) is 60.4 Å². The van der Waals surface area contributed by atoms with Gasteiger partial charge in [0.2, 0.25) is 0 Å². The van der Waals surface area contributed by atoms with Crippen molar-refractivity contribution in [1.29, 1.82) is 0 Å². The molecule has 1 atom stereocenters. The average Bonchev–Trinajstić information content (AvgIpc) is 2.85. The van der Waals surface area contributed by atoms with Crippen molar-refractivity contribution in [2.75, 3.05) is 12.4 Å². The highest BCUT2D eigenvalue weighted by atomic mass is 16.5. The Kier molecular flexibility index (Phi) is 6.59. The molecule has 0 saturated carbocycles. The zero-order chi connectivity index (χ0) is 23.2. The van der Waals surface area contributed by atoms with Crippen molar-refractivity contribution in [3.05, 3.63) is 96.2 Å². The van der Waals surface area contributed by atoms with Crippen LogP contribution >= 0.6 is 0 Å². The molecular formula is C26H24N4O3. The van der Waals surface area contributed by atoms with Gasteiger partial charge in [-0.15, -0.1) is 0 Å². The van der Waals surface area contributed by atoms with Crippen LogP contribution < -0.4 is 10.1 Å². The second kappa shape index (κ2) is 9.91. The molecular weight excluding hydrogens is 416 g/mol. The molecule has 0 unspecified atom stereocenters. The molecule has 4 aromatic rings. The largest absolute Gasteiger partial charge is 0.504 e. The molecule has 33 heavy (non-hydrogen) atoms. The molecule has 2 heterocycles. The summed E-state index contributed by atoms with van der Waals surface area (Å²) in [4.78, 5) is 25.5. The van der Waals surface area contributed by atoms with Crippen LogP contribution in [0.25, 0.3) is 11.3 Å². The van der Waals surface area contributed by atoms with E-state index in [1.54, 1.807) is 48.9 Å². The second-order valence-electron chi connectivity index (χ2n) is 7.71. The summed E-state index contributed by atoms with van der Waals surface area (Å²) < 4.78 is 5.20. The van der Waals surface area contributed by atoms with E-state index in [2.05, 4.69) is 22.2 Å². The minimum absolute atomic E-state index is 0.0782. The van der Waals surface area contributed by atoms with Crippen molar-refractivity contribution in [2.24, 2.45) is 0 Å². The van der Waals surface area contributed by atoms with Gasteiger partial charge in [0.05, 0.1) is 30.3 Å². The number of aromatic hydroxyl groups is 1. The van der Waals surface area contributed by atoms with Crippen molar-refractivity contribution in [1.82, 2.24) is 15.0 Å². The number of pyridine rings is 1. The number of benzene rings is 2. The molecule has 0 aliphatic heterocycles. The number of anilines is 1. The fourth-order valence-electron chi connectivity index (χ4n) is 3.54. The molecule has 7 nitrogen and oxygen atoms in total. The number of aromatic nitrogens is 3. The third-order valence-electron chi connectivity index (χ3n) is 5.31. The van der Waals surface area contributed by atoms with Gasteiger partial charge in [0.25, 0.3) is 5.91 Å². The summed E-state index contributed by atoms with van der Waals surface area (Å²) in [6.45, 7) is 2.11. The predicted molar refractivity (Wildman–Crippen MR) is 126 cm³/mol. The lowest BCUT2D eigenvalue weighted by Gasteiger charge is -2.14. The zero-order valence-electron chi connectivity index (χ0n) is 18.4. The van der Waals surface area contributed by atoms with Gasteiger partial charge in [-0.2, -0.15) is 0 Å². The number of rotatable bonds is 7. The molecule has 0 aliphatic carbocycles. The van der Waals surface area contributed by atoms with Crippen LogP contribution in [0.4, 0.5) is 5.69 Å². The lowest BCUT2D eigenvalue weighted by molar-refractivity contribution is 0.102. The number of nitrogens with one attached hydrogen (secondary N) is 1. The minimum atomic E-state index is -0.198. The summed E-state index contributed by atoms with van der Waals surface area (Å²) in [5, 5.41) is 12.8. The van der Waals surface area contributed by atoms with Gasteiger partial charge in [-0.3, -0.25) is 14.8 Å². The Morgan fingerprint density at radius 2 is 1.94 bits per heavy atom. The first kappa shape index (κ1) is 22.0. The van der Waals surface area contributed by atoms with Gasteiger partial charge in [0.1, 0.15) is 0 Å². The van der Waals surface area contributed by atoms with Crippen molar-refractivity contribution >= 4 is 11.6 Å². The number of ether oxygens (including phenoxy) is 1. The van der Waals surface area contributed by atoms with E-state index in [1.165, 1.54) is 13.3 Å². The number of phenols is 1. The number of amides is 1. The fourth-order valence-corrected chi connectivity index (χ4v) is 3.54. The maximum Gasteiger partial charge on any atom is 0.257 e. The van der Waals surface area contributed by atoms with Gasteiger partial charge in [0, 0.05) is 29.8 Å². The third-order valence-corrected chi connectivity index (χ3v) is 5.31. The summed E-state index contributed by atoms with van der Waals surface area (Å²) in [6, 6.07) is 16.4. The Morgan fingerprint density at radius 3 is 2.73 bits per heavy atom. The van der Waals surface area contributed by atoms with Gasteiger partial charge < -0.3 is 15.2 Å². The van der Waals surface area contributed by atoms with Gasteiger partial charge in [-0.1, -0.05) is 19.1 Å². The number of hydrogen-bond acceptors (Lipinski definition) is 6. The Hall–Kier alpha value is -4.26. The highest BCUT2D eigenvalue weighted by Gasteiger charge is 2.12. The smallest absolute Gasteiger partial charge is 0.257 e.